The summed E-state index contributed by atoms with van der Waals surface area (Å²) in [6, 6.07) is 5.41. The van der Waals surface area contributed by atoms with Gasteiger partial charge in [-0.15, -0.1) is 0 Å². The van der Waals surface area contributed by atoms with Gasteiger partial charge >= 0.3 is 0 Å². The second-order valence-electron chi connectivity index (χ2n) is 7.25. The van der Waals surface area contributed by atoms with Crippen LogP contribution in [0.2, 0.25) is 0 Å². The van der Waals surface area contributed by atoms with E-state index in [1.165, 1.54) is 0 Å². The van der Waals surface area contributed by atoms with Gasteiger partial charge in [0.1, 0.15) is 5.69 Å². The first-order valence-electron chi connectivity index (χ1n) is 9.99. The van der Waals surface area contributed by atoms with Crippen LogP contribution in [0.5, 0.6) is 5.88 Å². The molecule has 0 saturated carbocycles. The second-order valence-corrected chi connectivity index (χ2v) is 9.49. The maximum Gasteiger partial charge on any atom is 0.268 e. The van der Waals surface area contributed by atoms with E-state index in [-0.39, 0.29) is 5.91 Å². The minimum atomic E-state index is -2.61. The maximum atomic E-state index is 13.5. The lowest BCUT2D eigenvalue weighted by molar-refractivity contribution is 0.0942. The summed E-state index contributed by atoms with van der Waals surface area (Å²) in [5.74, 6) is 4.33. The van der Waals surface area contributed by atoms with Crippen molar-refractivity contribution < 1.29 is 13.7 Å². The first-order valence-corrected chi connectivity index (χ1v) is 11.7. The molecule has 0 aliphatic carbocycles. The van der Waals surface area contributed by atoms with Crippen LogP contribution in [0.1, 0.15) is 47.9 Å². The molecule has 1 saturated heterocycles. The largest absolute Gasteiger partial charge is 0.478 e. The summed E-state index contributed by atoms with van der Waals surface area (Å²) < 4.78 is 22.8. The second kappa shape index (κ2) is 9.00. The van der Waals surface area contributed by atoms with Crippen LogP contribution in [-0.2, 0) is 23.3 Å². The highest BCUT2D eigenvalue weighted by atomic mass is 32.2. The molecular weight excluding hydrogens is 388 g/mol. The molecule has 2 aromatic rings. The van der Waals surface area contributed by atoms with Gasteiger partial charge in [-0.2, -0.15) is 0 Å². The van der Waals surface area contributed by atoms with Crippen molar-refractivity contribution in [3.8, 4) is 5.88 Å². The van der Waals surface area contributed by atoms with E-state index in [0.29, 0.717) is 29.6 Å². The predicted octanol–water partition coefficient (Wildman–Crippen LogP) is 2.53. The third kappa shape index (κ3) is 4.48. The lowest BCUT2D eigenvalue weighted by Gasteiger charge is -2.29. The topological polar surface area (TPSA) is 76.5 Å². The number of piperidine rings is 1. The number of nitrogens with one attached hydrogen (secondary N) is 1. The van der Waals surface area contributed by atoms with Crippen molar-refractivity contribution in [2.45, 2.75) is 44.6 Å². The van der Waals surface area contributed by atoms with Crippen LogP contribution < -0.4 is 10.1 Å². The Morgan fingerprint density at radius 1 is 1.34 bits per heavy atom. The van der Waals surface area contributed by atoms with Gasteiger partial charge in [-0.25, -0.2) is 13.5 Å². The predicted molar refractivity (Wildman–Crippen MR) is 116 cm³/mol. The minimum Gasteiger partial charge on any atom is -0.478 e. The van der Waals surface area contributed by atoms with E-state index < -0.39 is 9.71 Å². The molecule has 8 heteroatoms. The Labute approximate surface area is 173 Å². The number of carbonyl (C=O) groups excluding carboxylic acids is 1. The lowest BCUT2D eigenvalue weighted by Crippen LogP contribution is -2.35. The highest BCUT2D eigenvalue weighted by Crippen LogP contribution is 2.26. The van der Waals surface area contributed by atoms with Gasteiger partial charge in [0, 0.05) is 44.1 Å². The Morgan fingerprint density at radius 3 is 2.76 bits per heavy atom. The summed E-state index contributed by atoms with van der Waals surface area (Å²) in [5.41, 5.74) is 2.08. The molecule has 1 aliphatic heterocycles. The van der Waals surface area contributed by atoms with Gasteiger partial charge in [0.15, 0.2) is 0 Å². The van der Waals surface area contributed by atoms with Gasteiger partial charge in [0.25, 0.3) is 5.91 Å². The molecule has 1 unspecified atom stereocenters. The van der Waals surface area contributed by atoms with Crippen molar-refractivity contribution in [2.75, 3.05) is 19.7 Å². The molecule has 0 spiro atoms. The van der Waals surface area contributed by atoms with E-state index in [1.54, 1.807) is 16.8 Å². The Bertz CT molecular complexity index is 976. The van der Waals surface area contributed by atoms with E-state index >= 15 is 0 Å². The molecule has 1 amide bonds. The van der Waals surface area contributed by atoms with Gasteiger partial charge in [-0.3, -0.25) is 4.79 Å². The number of ether oxygens (including phenoxy) is 1. The molecule has 0 bridgehead atoms. The number of nitrogens with zero attached hydrogens (tertiary/aromatic N) is 3. The number of pyridine rings is 1. The van der Waals surface area contributed by atoms with Gasteiger partial charge in [-0.1, -0.05) is 12.5 Å². The van der Waals surface area contributed by atoms with Crippen LogP contribution in [0.4, 0.5) is 0 Å². The van der Waals surface area contributed by atoms with Crippen LogP contribution >= 0.6 is 0 Å². The third-order valence-electron chi connectivity index (χ3n) is 5.37. The third-order valence-corrected chi connectivity index (χ3v) is 7.67. The summed E-state index contributed by atoms with van der Waals surface area (Å²) >= 11 is 0. The van der Waals surface area contributed by atoms with Crippen molar-refractivity contribution in [1.29, 1.82) is 0 Å². The normalized spacial score (nSPS) is 16.9. The molecular formula is C21H30N4O3S. The molecule has 7 nitrogen and oxygen atoms in total. The number of carbonyl (C=O) groups is 1. The van der Waals surface area contributed by atoms with E-state index in [1.807, 2.05) is 37.3 Å². The molecule has 0 aromatic carbocycles. The van der Waals surface area contributed by atoms with Crippen LogP contribution in [0.3, 0.4) is 0 Å². The average molecular weight is 419 g/mol. The van der Waals surface area contributed by atoms with E-state index in [4.69, 9.17) is 4.74 Å². The fourth-order valence-electron chi connectivity index (χ4n) is 3.60. The van der Waals surface area contributed by atoms with Gasteiger partial charge in [0.05, 0.1) is 21.2 Å². The molecule has 1 fully saturated rings. The monoisotopic (exact) mass is 418 g/mol. The van der Waals surface area contributed by atoms with Crippen molar-refractivity contribution in [1.82, 2.24) is 19.2 Å². The molecule has 29 heavy (non-hydrogen) atoms. The molecule has 2 aromatic heterocycles. The number of hydrogen-bond donors (Lipinski definition) is 1. The molecule has 0 radical (unpaired) electrons. The van der Waals surface area contributed by atoms with Crippen LogP contribution in [0, 0.1) is 6.92 Å². The smallest absolute Gasteiger partial charge is 0.268 e. The number of rotatable bonds is 7. The Morgan fingerprint density at radius 2 is 2.07 bits per heavy atom. The Hall–Kier alpha value is -2.32. The fraction of sp³-hybridized carbons (Fsp3) is 0.476. The van der Waals surface area contributed by atoms with Gasteiger partial charge in [0.2, 0.25) is 5.88 Å². The van der Waals surface area contributed by atoms with Crippen molar-refractivity contribution in [3.05, 3.63) is 41.3 Å². The molecule has 1 N–H and O–H groups in total. The Balaban J connectivity index is 1.79. The molecule has 3 heterocycles. The zero-order chi connectivity index (χ0) is 21.0. The number of hydrogen-bond acceptors (Lipinski definition) is 4. The standard InChI is InChI=1S/C21H30N4O3S/c1-5-28-21-17(10-9-11-22-21)15-23-20(26)18-14-19(16(2)24(18)3)29(4,27)25-12-7-6-8-13-25/h9-11,14H,4-8,12-13,15H2,1-3H3,(H,23,26). The summed E-state index contributed by atoms with van der Waals surface area (Å²) in [7, 11) is -0.792. The average Bonchev–Trinajstić information content (AvgIpc) is 3.03. The number of amides is 1. The van der Waals surface area contributed by atoms with Crippen molar-refractivity contribution >= 4 is 21.5 Å². The molecule has 158 valence electrons. The SMILES string of the molecule is C=S(=O)(c1cc(C(=O)NCc2cccnc2OCC)n(C)c1C)N1CCCCC1. The van der Waals surface area contributed by atoms with Crippen LogP contribution in [-0.4, -0.2) is 49.5 Å². The van der Waals surface area contributed by atoms with Crippen LogP contribution in [0.15, 0.2) is 29.3 Å². The molecule has 1 aliphatic rings. The quantitative estimate of drug-likeness (QED) is 0.701. The highest BCUT2D eigenvalue weighted by molar-refractivity contribution is 7.98. The molecule has 3 rings (SSSR count). The summed E-state index contributed by atoms with van der Waals surface area (Å²) in [6.07, 6.45) is 4.87. The summed E-state index contributed by atoms with van der Waals surface area (Å²) in [6.45, 7) is 6.14. The zero-order valence-corrected chi connectivity index (χ0v) is 18.3. The van der Waals surface area contributed by atoms with Crippen molar-refractivity contribution in [2.24, 2.45) is 7.05 Å². The molecule has 1 atom stereocenters. The van der Waals surface area contributed by atoms with E-state index in [9.17, 15) is 9.00 Å². The maximum absolute atomic E-state index is 13.5. The van der Waals surface area contributed by atoms with E-state index in [2.05, 4.69) is 16.2 Å². The van der Waals surface area contributed by atoms with Crippen LogP contribution in [0.25, 0.3) is 0 Å². The van der Waals surface area contributed by atoms with E-state index in [0.717, 1.165) is 43.6 Å². The van der Waals surface area contributed by atoms with Crippen molar-refractivity contribution in [3.63, 3.8) is 0 Å². The van der Waals surface area contributed by atoms with Gasteiger partial charge in [-0.05, 0) is 44.7 Å². The highest BCUT2D eigenvalue weighted by Gasteiger charge is 2.26. The summed E-state index contributed by atoms with van der Waals surface area (Å²) in [5, 5.41) is 2.92. The number of aromatic nitrogens is 2. The van der Waals surface area contributed by atoms with Gasteiger partial charge < -0.3 is 14.6 Å². The lowest BCUT2D eigenvalue weighted by atomic mass is 10.2. The minimum absolute atomic E-state index is 0.234. The Kier molecular flexibility index (Phi) is 6.64. The zero-order valence-electron chi connectivity index (χ0n) is 17.4. The first kappa shape index (κ1) is 21.4. The summed E-state index contributed by atoms with van der Waals surface area (Å²) in [4.78, 5) is 17.7. The first-order chi connectivity index (χ1) is 13.9. The fourth-order valence-corrected chi connectivity index (χ4v) is 5.62.